The molecule has 0 saturated carbocycles. The van der Waals surface area contributed by atoms with Gasteiger partial charge in [0.05, 0.1) is 13.2 Å². The average molecular weight is 255 g/mol. The van der Waals surface area contributed by atoms with E-state index in [1.807, 2.05) is 6.92 Å². The Bertz CT molecular complexity index is 271. The van der Waals surface area contributed by atoms with E-state index < -0.39 is 0 Å². The van der Waals surface area contributed by atoms with Crippen molar-refractivity contribution in [3.63, 3.8) is 0 Å². The largest absolute Gasteiger partial charge is 0.383 e. The number of nitrogens with one attached hydrogen (secondary N) is 2. The fourth-order valence-electron chi connectivity index (χ4n) is 3.08. The Labute approximate surface area is 109 Å². The molecule has 0 radical (unpaired) electrons. The molecule has 2 N–H and O–H groups in total. The van der Waals surface area contributed by atoms with E-state index in [9.17, 15) is 4.79 Å². The van der Waals surface area contributed by atoms with E-state index in [1.54, 1.807) is 7.11 Å². The van der Waals surface area contributed by atoms with E-state index in [2.05, 4.69) is 15.5 Å². The van der Waals surface area contributed by atoms with E-state index in [1.165, 1.54) is 12.8 Å². The molecular weight excluding hydrogens is 230 g/mol. The first-order valence-corrected chi connectivity index (χ1v) is 6.93. The van der Waals surface area contributed by atoms with Crippen LogP contribution in [0.25, 0.3) is 0 Å². The van der Waals surface area contributed by atoms with Crippen LogP contribution in [0.5, 0.6) is 0 Å². The molecule has 0 bridgehead atoms. The van der Waals surface area contributed by atoms with E-state index >= 15 is 0 Å². The van der Waals surface area contributed by atoms with Gasteiger partial charge in [-0.25, -0.2) is 0 Å². The van der Waals surface area contributed by atoms with Gasteiger partial charge in [-0.1, -0.05) is 0 Å². The van der Waals surface area contributed by atoms with Crippen LogP contribution >= 0.6 is 0 Å². The highest BCUT2D eigenvalue weighted by Gasteiger charge is 2.34. The van der Waals surface area contributed by atoms with Gasteiger partial charge < -0.3 is 15.4 Å². The van der Waals surface area contributed by atoms with Crippen LogP contribution in [0, 0.1) is 5.92 Å². The smallest absolute Gasteiger partial charge is 0.234 e. The van der Waals surface area contributed by atoms with Gasteiger partial charge in [0, 0.05) is 32.3 Å². The fourth-order valence-corrected chi connectivity index (χ4v) is 3.08. The summed E-state index contributed by atoms with van der Waals surface area (Å²) in [4.78, 5) is 14.1. The van der Waals surface area contributed by atoms with Gasteiger partial charge in [-0.2, -0.15) is 0 Å². The van der Waals surface area contributed by atoms with Gasteiger partial charge >= 0.3 is 0 Å². The van der Waals surface area contributed by atoms with Gasteiger partial charge in [-0.15, -0.1) is 0 Å². The quantitative estimate of drug-likeness (QED) is 0.716. The number of piperidine rings is 1. The summed E-state index contributed by atoms with van der Waals surface area (Å²) < 4.78 is 5.01. The van der Waals surface area contributed by atoms with Gasteiger partial charge in [0.25, 0.3) is 0 Å². The number of likely N-dealkylation sites (tertiary alicyclic amines) is 1. The molecule has 3 atom stereocenters. The minimum absolute atomic E-state index is 0.0884. The molecule has 18 heavy (non-hydrogen) atoms. The second kappa shape index (κ2) is 6.50. The van der Waals surface area contributed by atoms with Crippen LogP contribution in [0.4, 0.5) is 0 Å². The number of carbonyl (C=O) groups excluding carboxylic acids is 1. The molecule has 2 aliphatic heterocycles. The van der Waals surface area contributed by atoms with Crippen LogP contribution in [-0.4, -0.2) is 62.8 Å². The summed E-state index contributed by atoms with van der Waals surface area (Å²) in [5.41, 5.74) is 0. The van der Waals surface area contributed by atoms with Gasteiger partial charge in [0.15, 0.2) is 0 Å². The molecule has 2 heterocycles. The van der Waals surface area contributed by atoms with Crippen molar-refractivity contribution in [1.29, 1.82) is 0 Å². The zero-order valence-corrected chi connectivity index (χ0v) is 11.4. The molecule has 0 aromatic rings. The molecule has 5 nitrogen and oxygen atoms in total. The van der Waals surface area contributed by atoms with E-state index in [4.69, 9.17) is 4.74 Å². The summed E-state index contributed by atoms with van der Waals surface area (Å²) in [5, 5.41) is 6.51. The summed E-state index contributed by atoms with van der Waals surface area (Å²) in [6, 6.07) is 0.688. The lowest BCUT2D eigenvalue weighted by atomic mass is 9.94. The molecule has 0 aliphatic carbocycles. The highest BCUT2D eigenvalue weighted by Crippen LogP contribution is 2.24. The molecule has 2 rings (SSSR count). The Morgan fingerprint density at radius 2 is 2.39 bits per heavy atom. The molecule has 0 aromatic heterocycles. The lowest BCUT2D eigenvalue weighted by Crippen LogP contribution is -2.43. The molecule has 1 amide bonds. The minimum Gasteiger partial charge on any atom is -0.383 e. The van der Waals surface area contributed by atoms with Crippen LogP contribution in [0.15, 0.2) is 0 Å². The van der Waals surface area contributed by atoms with Crippen molar-refractivity contribution < 1.29 is 9.53 Å². The fraction of sp³-hybridized carbons (Fsp3) is 0.923. The number of fused-ring (bicyclic) bond motifs is 1. The molecule has 0 spiro atoms. The van der Waals surface area contributed by atoms with Crippen molar-refractivity contribution in [1.82, 2.24) is 15.5 Å². The van der Waals surface area contributed by atoms with Gasteiger partial charge in [-0.3, -0.25) is 9.69 Å². The Morgan fingerprint density at radius 1 is 1.56 bits per heavy atom. The monoisotopic (exact) mass is 255 g/mol. The number of hydrogen-bond acceptors (Lipinski definition) is 4. The minimum atomic E-state index is 0.0884. The normalized spacial score (nSPS) is 29.9. The first kappa shape index (κ1) is 13.8. The maximum Gasteiger partial charge on any atom is 0.234 e. The molecule has 2 aliphatic rings. The second-order valence-electron chi connectivity index (χ2n) is 5.58. The summed E-state index contributed by atoms with van der Waals surface area (Å²) in [5.74, 6) is 0.848. The predicted octanol–water partition coefficient (Wildman–Crippen LogP) is -0.179. The summed E-state index contributed by atoms with van der Waals surface area (Å²) in [7, 11) is 1.65. The topological polar surface area (TPSA) is 53.6 Å². The van der Waals surface area contributed by atoms with Crippen LogP contribution in [0.3, 0.4) is 0 Å². The molecular formula is C13H25N3O2. The predicted molar refractivity (Wildman–Crippen MR) is 70.4 cm³/mol. The summed E-state index contributed by atoms with van der Waals surface area (Å²) in [6.07, 6.45) is 2.57. The lowest BCUT2D eigenvalue weighted by Gasteiger charge is -2.24. The number of amides is 1. The van der Waals surface area contributed by atoms with Crippen LogP contribution in [0.2, 0.25) is 0 Å². The van der Waals surface area contributed by atoms with E-state index in [0.717, 1.165) is 25.6 Å². The third kappa shape index (κ3) is 3.67. The summed E-state index contributed by atoms with van der Waals surface area (Å²) in [6.45, 7) is 6.25. The van der Waals surface area contributed by atoms with Crippen molar-refractivity contribution in [2.24, 2.45) is 5.92 Å². The Hall–Kier alpha value is -0.650. The van der Waals surface area contributed by atoms with Crippen molar-refractivity contribution in [3.8, 4) is 0 Å². The van der Waals surface area contributed by atoms with Crippen LogP contribution in [0.1, 0.15) is 19.8 Å². The Kier molecular flexibility index (Phi) is 4.97. The maximum atomic E-state index is 11.9. The van der Waals surface area contributed by atoms with E-state index in [0.29, 0.717) is 19.2 Å². The summed E-state index contributed by atoms with van der Waals surface area (Å²) >= 11 is 0. The highest BCUT2D eigenvalue weighted by molar-refractivity contribution is 5.78. The zero-order chi connectivity index (χ0) is 13.0. The number of ether oxygens (including phenoxy) is 1. The molecule has 104 valence electrons. The van der Waals surface area contributed by atoms with E-state index in [-0.39, 0.29) is 11.9 Å². The van der Waals surface area contributed by atoms with Gasteiger partial charge in [0.1, 0.15) is 0 Å². The van der Waals surface area contributed by atoms with Crippen molar-refractivity contribution in [2.75, 3.05) is 39.9 Å². The number of hydrogen-bond donors (Lipinski definition) is 2. The molecule has 2 saturated heterocycles. The first-order valence-electron chi connectivity index (χ1n) is 6.93. The van der Waals surface area contributed by atoms with Gasteiger partial charge in [-0.05, 0) is 32.2 Å². The maximum absolute atomic E-state index is 11.9. The zero-order valence-electron chi connectivity index (χ0n) is 11.4. The number of nitrogens with zero attached hydrogens (tertiary/aromatic N) is 1. The highest BCUT2D eigenvalue weighted by atomic mass is 16.5. The lowest BCUT2D eigenvalue weighted by molar-refractivity contribution is -0.123. The Morgan fingerprint density at radius 3 is 3.11 bits per heavy atom. The number of rotatable bonds is 5. The standard InChI is InChI=1S/C13H25N3O2/c1-10(9-18-2)15-13(17)8-16-6-11-4-3-5-14-12(11)7-16/h10-12,14H,3-9H2,1-2H3,(H,15,17)/t10?,11-,12+/m0/s1. The van der Waals surface area contributed by atoms with Gasteiger partial charge in [0.2, 0.25) is 5.91 Å². The molecule has 1 unspecified atom stereocenters. The number of methoxy groups -OCH3 is 1. The van der Waals surface area contributed by atoms with Crippen molar-refractivity contribution in [3.05, 3.63) is 0 Å². The molecule has 5 heteroatoms. The molecule has 2 fully saturated rings. The van der Waals surface area contributed by atoms with Crippen LogP contribution < -0.4 is 10.6 Å². The first-order chi connectivity index (χ1) is 8.69. The van der Waals surface area contributed by atoms with Crippen molar-refractivity contribution in [2.45, 2.75) is 31.8 Å². The van der Waals surface area contributed by atoms with Crippen molar-refractivity contribution >= 4 is 5.91 Å². The number of carbonyl (C=O) groups is 1. The third-order valence-corrected chi connectivity index (χ3v) is 3.87. The van der Waals surface area contributed by atoms with Crippen LogP contribution in [-0.2, 0) is 9.53 Å². The Balaban J connectivity index is 1.72. The average Bonchev–Trinajstić information content (AvgIpc) is 2.70. The SMILES string of the molecule is COCC(C)NC(=O)CN1C[C@@H]2CCCN[C@@H]2C1. The second-order valence-corrected chi connectivity index (χ2v) is 5.58. The molecule has 0 aromatic carbocycles. The third-order valence-electron chi connectivity index (χ3n) is 3.87.